The molecule has 0 spiro atoms. The lowest BCUT2D eigenvalue weighted by atomic mass is 9.87. The maximum absolute atomic E-state index is 12.3. The van der Waals surface area contributed by atoms with E-state index in [2.05, 4.69) is 49.9 Å². The Balaban J connectivity index is 0.000000701. The predicted molar refractivity (Wildman–Crippen MR) is 98.3 cm³/mol. The van der Waals surface area contributed by atoms with E-state index in [9.17, 15) is 4.79 Å². The van der Waals surface area contributed by atoms with Crippen molar-refractivity contribution >= 4 is 12.4 Å². The van der Waals surface area contributed by atoms with E-state index < -0.39 is 0 Å². The minimum absolute atomic E-state index is 0.206. The van der Waals surface area contributed by atoms with Crippen LogP contribution in [0.4, 0.5) is 0 Å². The van der Waals surface area contributed by atoms with Crippen LogP contribution in [0, 0.1) is 11.8 Å². The molecular formula is C20H30N2O3. The molecular weight excluding hydrogens is 316 g/mol. The van der Waals surface area contributed by atoms with Gasteiger partial charge in [0.1, 0.15) is 0 Å². The quantitative estimate of drug-likeness (QED) is 0.836. The van der Waals surface area contributed by atoms with Crippen molar-refractivity contribution in [2.24, 2.45) is 11.8 Å². The van der Waals surface area contributed by atoms with E-state index in [0.717, 1.165) is 32.6 Å². The number of fused-ring (bicyclic) bond motifs is 1. The standard InChI is InChI=1S/C19H28N2O.CH2O2/c1-19(2,3)16-7-5-14(6-8-16)11-21-12-15-9-10-20(4)18(22)17(15)13-21;2-1-3/h5-8,15,17H,9-13H2,1-4H3;1H,(H,2,3)/t15-,17+;/m1./s1. The van der Waals surface area contributed by atoms with Gasteiger partial charge in [-0.3, -0.25) is 14.5 Å². The Morgan fingerprint density at radius 1 is 1.20 bits per heavy atom. The highest BCUT2D eigenvalue weighted by Crippen LogP contribution is 2.32. The molecule has 2 aliphatic rings. The molecule has 1 aromatic carbocycles. The summed E-state index contributed by atoms with van der Waals surface area (Å²) in [6.45, 7) is 10.4. The number of hydrogen-bond acceptors (Lipinski definition) is 3. The topological polar surface area (TPSA) is 60.9 Å². The number of piperidine rings is 1. The second-order valence-electron chi connectivity index (χ2n) is 8.16. The maximum atomic E-state index is 12.3. The number of rotatable bonds is 2. The van der Waals surface area contributed by atoms with Gasteiger partial charge in [-0.15, -0.1) is 0 Å². The zero-order chi connectivity index (χ0) is 18.6. The molecule has 1 N–H and O–H groups in total. The van der Waals surface area contributed by atoms with Gasteiger partial charge in [0.2, 0.25) is 5.91 Å². The monoisotopic (exact) mass is 346 g/mol. The maximum Gasteiger partial charge on any atom is 0.290 e. The molecule has 2 atom stereocenters. The van der Waals surface area contributed by atoms with E-state index in [1.807, 2.05) is 11.9 Å². The number of amides is 1. The number of hydrogen-bond donors (Lipinski definition) is 1. The van der Waals surface area contributed by atoms with Gasteiger partial charge in [0.15, 0.2) is 0 Å². The van der Waals surface area contributed by atoms with Crippen LogP contribution in [0.25, 0.3) is 0 Å². The van der Waals surface area contributed by atoms with E-state index in [0.29, 0.717) is 11.8 Å². The fraction of sp³-hybridized carbons (Fsp3) is 0.600. The van der Waals surface area contributed by atoms with E-state index in [4.69, 9.17) is 9.90 Å². The van der Waals surface area contributed by atoms with Gasteiger partial charge in [-0.25, -0.2) is 0 Å². The minimum Gasteiger partial charge on any atom is -0.483 e. The van der Waals surface area contributed by atoms with Crippen LogP contribution in [0.2, 0.25) is 0 Å². The van der Waals surface area contributed by atoms with Gasteiger partial charge < -0.3 is 10.0 Å². The molecule has 5 heteroatoms. The molecule has 138 valence electrons. The third-order valence-electron chi connectivity index (χ3n) is 5.27. The second-order valence-corrected chi connectivity index (χ2v) is 8.16. The molecule has 2 fully saturated rings. The van der Waals surface area contributed by atoms with Crippen LogP contribution in [0.3, 0.4) is 0 Å². The first-order valence-electron chi connectivity index (χ1n) is 8.91. The second kappa shape index (κ2) is 8.00. The van der Waals surface area contributed by atoms with Crippen molar-refractivity contribution in [2.75, 3.05) is 26.7 Å². The highest BCUT2D eigenvalue weighted by molar-refractivity contribution is 5.80. The van der Waals surface area contributed by atoms with Crippen LogP contribution in [0.15, 0.2) is 24.3 Å². The third-order valence-corrected chi connectivity index (χ3v) is 5.27. The molecule has 0 radical (unpaired) electrons. The normalized spacial score (nSPS) is 23.7. The van der Waals surface area contributed by atoms with Gasteiger partial charge >= 0.3 is 0 Å². The summed E-state index contributed by atoms with van der Waals surface area (Å²) in [5.41, 5.74) is 2.94. The fourth-order valence-corrected chi connectivity index (χ4v) is 3.78. The summed E-state index contributed by atoms with van der Waals surface area (Å²) in [5, 5.41) is 6.89. The minimum atomic E-state index is -0.250. The van der Waals surface area contributed by atoms with Crippen molar-refractivity contribution in [3.05, 3.63) is 35.4 Å². The van der Waals surface area contributed by atoms with Crippen molar-refractivity contribution in [3.63, 3.8) is 0 Å². The highest BCUT2D eigenvalue weighted by atomic mass is 16.3. The van der Waals surface area contributed by atoms with Gasteiger partial charge in [0, 0.05) is 33.2 Å². The number of nitrogens with zero attached hydrogens (tertiary/aromatic N) is 2. The number of benzene rings is 1. The summed E-state index contributed by atoms with van der Waals surface area (Å²) >= 11 is 0. The zero-order valence-corrected chi connectivity index (χ0v) is 15.7. The van der Waals surface area contributed by atoms with Gasteiger partial charge in [0.25, 0.3) is 6.47 Å². The summed E-state index contributed by atoms with van der Waals surface area (Å²) in [6.07, 6.45) is 1.16. The average molecular weight is 346 g/mol. The molecule has 1 amide bonds. The van der Waals surface area contributed by atoms with Crippen LogP contribution >= 0.6 is 0 Å². The Labute approximate surface area is 150 Å². The van der Waals surface area contributed by atoms with Crippen LogP contribution in [-0.2, 0) is 21.5 Å². The summed E-state index contributed by atoms with van der Waals surface area (Å²) in [4.78, 5) is 25.0. The summed E-state index contributed by atoms with van der Waals surface area (Å²) in [6, 6.07) is 8.99. The number of carbonyl (C=O) groups excluding carboxylic acids is 1. The number of carbonyl (C=O) groups is 2. The molecule has 0 saturated carbocycles. The molecule has 0 unspecified atom stereocenters. The van der Waals surface area contributed by atoms with E-state index in [1.54, 1.807) is 0 Å². The molecule has 2 heterocycles. The van der Waals surface area contributed by atoms with Crippen molar-refractivity contribution in [1.82, 2.24) is 9.80 Å². The Bertz CT molecular complexity index is 592. The first kappa shape index (κ1) is 19.4. The summed E-state index contributed by atoms with van der Waals surface area (Å²) < 4.78 is 0. The molecule has 25 heavy (non-hydrogen) atoms. The van der Waals surface area contributed by atoms with Crippen LogP contribution in [-0.4, -0.2) is 54.0 Å². The van der Waals surface area contributed by atoms with Crippen molar-refractivity contribution in [2.45, 2.75) is 39.2 Å². The highest BCUT2D eigenvalue weighted by Gasteiger charge is 2.41. The first-order chi connectivity index (χ1) is 11.8. The fourth-order valence-electron chi connectivity index (χ4n) is 3.78. The molecule has 0 bridgehead atoms. The largest absolute Gasteiger partial charge is 0.483 e. The summed E-state index contributed by atoms with van der Waals surface area (Å²) in [5.74, 6) is 1.15. The lowest BCUT2D eigenvalue weighted by molar-refractivity contribution is -0.137. The van der Waals surface area contributed by atoms with Crippen molar-refractivity contribution in [3.8, 4) is 0 Å². The van der Waals surface area contributed by atoms with Gasteiger partial charge in [-0.1, -0.05) is 45.0 Å². The smallest absolute Gasteiger partial charge is 0.290 e. The number of carboxylic acid groups (broad SMARTS) is 1. The Hall–Kier alpha value is -1.88. The van der Waals surface area contributed by atoms with Crippen molar-refractivity contribution in [1.29, 1.82) is 0 Å². The van der Waals surface area contributed by atoms with Crippen molar-refractivity contribution < 1.29 is 14.7 Å². The first-order valence-corrected chi connectivity index (χ1v) is 8.91. The molecule has 5 nitrogen and oxygen atoms in total. The Kier molecular flexibility index (Phi) is 6.22. The average Bonchev–Trinajstić information content (AvgIpc) is 2.95. The molecule has 0 aromatic heterocycles. The Morgan fingerprint density at radius 2 is 1.80 bits per heavy atom. The van der Waals surface area contributed by atoms with Crippen LogP contribution in [0.5, 0.6) is 0 Å². The van der Waals surface area contributed by atoms with Crippen LogP contribution in [0.1, 0.15) is 38.3 Å². The molecule has 3 rings (SSSR count). The molecule has 2 saturated heterocycles. The molecule has 1 aromatic rings. The molecule has 2 aliphatic heterocycles. The summed E-state index contributed by atoms with van der Waals surface area (Å²) in [7, 11) is 1.94. The van der Waals surface area contributed by atoms with E-state index in [1.165, 1.54) is 11.1 Å². The third kappa shape index (κ3) is 4.82. The van der Waals surface area contributed by atoms with E-state index in [-0.39, 0.29) is 17.8 Å². The van der Waals surface area contributed by atoms with Gasteiger partial charge in [0.05, 0.1) is 5.92 Å². The lowest BCUT2D eigenvalue weighted by Crippen LogP contribution is -2.42. The molecule has 0 aliphatic carbocycles. The van der Waals surface area contributed by atoms with E-state index >= 15 is 0 Å². The number of likely N-dealkylation sites (tertiary alicyclic amines) is 2. The Morgan fingerprint density at radius 3 is 2.36 bits per heavy atom. The zero-order valence-electron chi connectivity index (χ0n) is 15.7. The van der Waals surface area contributed by atoms with Gasteiger partial charge in [-0.2, -0.15) is 0 Å². The van der Waals surface area contributed by atoms with Gasteiger partial charge in [-0.05, 0) is 28.9 Å². The SMILES string of the molecule is CN1CC[C@@H]2CN(Cc3ccc(C(C)(C)C)cc3)C[C@@H]2C1=O.O=CO. The predicted octanol–water partition coefficient (Wildman–Crippen LogP) is 2.60. The lowest BCUT2D eigenvalue weighted by Gasteiger charge is -2.30. The van der Waals surface area contributed by atoms with Crippen LogP contribution < -0.4 is 0 Å².